The Labute approximate surface area is 148 Å². The summed E-state index contributed by atoms with van der Waals surface area (Å²) in [5.74, 6) is 0.491. The molecule has 2 aromatic rings. The highest BCUT2D eigenvalue weighted by Gasteiger charge is 2.55. The number of fused-ring (bicyclic) bond motifs is 1. The quantitative estimate of drug-likeness (QED) is 0.889. The van der Waals surface area contributed by atoms with Gasteiger partial charge in [0.1, 0.15) is 5.69 Å². The number of carbonyl (C=O) groups excluding carboxylic acids is 1. The molecule has 5 heteroatoms. The van der Waals surface area contributed by atoms with Crippen molar-refractivity contribution in [3.8, 4) is 0 Å². The SMILES string of the molecule is O=C(N[C@@H]1C2CN3CCN(C2)CC1(c1ccccc1)C3)c1ccc[nH]1. The summed E-state index contributed by atoms with van der Waals surface area (Å²) in [7, 11) is 0. The second kappa shape index (κ2) is 5.71. The van der Waals surface area contributed by atoms with E-state index in [1.54, 1.807) is 6.20 Å². The summed E-state index contributed by atoms with van der Waals surface area (Å²) >= 11 is 0. The summed E-state index contributed by atoms with van der Waals surface area (Å²) in [6, 6.07) is 14.7. The number of nitrogens with one attached hydrogen (secondary N) is 2. The van der Waals surface area contributed by atoms with Crippen LogP contribution in [0.4, 0.5) is 0 Å². The first-order chi connectivity index (χ1) is 12.2. The zero-order chi connectivity index (χ0) is 16.9. The third-order valence-electron chi connectivity index (χ3n) is 6.27. The molecule has 0 radical (unpaired) electrons. The van der Waals surface area contributed by atoms with Crippen molar-refractivity contribution in [2.75, 3.05) is 39.3 Å². The number of nitrogens with zero attached hydrogens (tertiary/aromatic N) is 2. The molecule has 4 aliphatic rings. The molecule has 5 heterocycles. The van der Waals surface area contributed by atoms with E-state index in [0.29, 0.717) is 11.6 Å². The Morgan fingerprint density at radius 2 is 1.76 bits per heavy atom. The van der Waals surface area contributed by atoms with Crippen LogP contribution in [0.3, 0.4) is 0 Å². The molecule has 6 rings (SSSR count). The van der Waals surface area contributed by atoms with E-state index in [-0.39, 0.29) is 17.4 Å². The van der Waals surface area contributed by atoms with Crippen LogP contribution in [0, 0.1) is 5.92 Å². The van der Waals surface area contributed by atoms with Gasteiger partial charge in [-0.25, -0.2) is 0 Å². The van der Waals surface area contributed by atoms with Crippen LogP contribution < -0.4 is 5.32 Å². The van der Waals surface area contributed by atoms with E-state index in [9.17, 15) is 4.79 Å². The molecule has 0 saturated carbocycles. The maximum Gasteiger partial charge on any atom is 0.267 e. The van der Waals surface area contributed by atoms with E-state index in [1.165, 1.54) is 5.56 Å². The smallest absolute Gasteiger partial charge is 0.267 e. The molecular weight excluding hydrogens is 312 g/mol. The summed E-state index contributed by atoms with van der Waals surface area (Å²) in [5.41, 5.74) is 1.98. The van der Waals surface area contributed by atoms with E-state index in [4.69, 9.17) is 0 Å². The largest absolute Gasteiger partial charge is 0.357 e. The minimum Gasteiger partial charge on any atom is -0.357 e. The van der Waals surface area contributed by atoms with Gasteiger partial charge in [-0.15, -0.1) is 0 Å². The van der Waals surface area contributed by atoms with Gasteiger partial charge in [-0.05, 0) is 17.7 Å². The van der Waals surface area contributed by atoms with E-state index in [1.807, 2.05) is 12.1 Å². The summed E-state index contributed by atoms with van der Waals surface area (Å²) in [6.07, 6.45) is 1.81. The van der Waals surface area contributed by atoms with Crippen molar-refractivity contribution in [1.82, 2.24) is 20.1 Å². The van der Waals surface area contributed by atoms with Gasteiger partial charge in [-0.1, -0.05) is 30.3 Å². The van der Waals surface area contributed by atoms with E-state index >= 15 is 0 Å². The van der Waals surface area contributed by atoms with Crippen molar-refractivity contribution in [3.05, 3.63) is 59.9 Å². The number of hydrogen-bond donors (Lipinski definition) is 2. The van der Waals surface area contributed by atoms with Gasteiger partial charge in [0, 0.05) is 62.8 Å². The van der Waals surface area contributed by atoms with Crippen molar-refractivity contribution in [2.24, 2.45) is 5.92 Å². The van der Waals surface area contributed by atoms with Gasteiger partial charge in [0.15, 0.2) is 0 Å². The number of piperidine rings is 2. The van der Waals surface area contributed by atoms with Crippen molar-refractivity contribution in [1.29, 1.82) is 0 Å². The molecule has 2 unspecified atom stereocenters. The third kappa shape index (κ3) is 2.41. The fourth-order valence-corrected chi connectivity index (χ4v) is 5.26. The number of H-pyrrole nitrogens is 1. The minimum absolute atomic E-state index is 0.0152. The van der Waals surface area contributed by atoms with Crippen LogP contribution in [-0.4, -0.2) is 66.0 Å². The van der Waals surface area contributed by atoms with Crippen LogP contribution >= 0.6 is 0 Å². The fraction of sp³-hybridized carbons (Fsp3) is 0.450. The van der Waals surface area contributed by atoms with Crippen LogP contribution in [0.25, 0.3) is 0 Å². The third-order valence-corrected chi connectivity index (χ3v) is 6.27. The van der Waals surface area contributed by atoms with Gasteiger partial charge in [0.05, 0.1) is 0 Å². The Morgan fingerprint density at radius 3 is 2.40 bits per heavy atom. The normalized spacial score (nSPS) is 36.2. The molecule has 4 saturated heterocycles. The number of amides is 1. The molecule has 4 fully saturated rings. The molecule has 1 amide bonds. The molecule has 4 bridgehead atoms. The Kier molecular flexibility index (Phi) is 3.47. The average Bonchev–Trinajstić information content (AvgIpc) is 3.05. The topological polar surface area (TPSA) is 51.4 Å². The monoisotopic (exact) mass is 336 g/mol. The number of aromatic amines is 1. The molecular formula is C20H24N4O. The number of aromatic nitrogens is 1. The van der Waals surface area contributed by atoms with Crippen LogP contribution in [0.5, 0.6) is 0 Å². The lowest BCUT2D eigenvalue weighted by Gasteiger charge is -2.55. The van der Waals surface area contributed by atoms with E-state index < -0.39 is 0 Å². The number of benzene rings is 1. The molecule has 4 aliphatic heterocycles. The van der Waals surface area contributed by atoms with E-state index in [0.717, 1.165) is 39.3 Å². The summed E-state index contributed by atoms with van der Waals surface area (Å²) < 4.78 is 0. The molecule has 5 nitrogen and oxygen atoms in total. The zero-order valence-electron chi connectivity index (χ0n) is 14.3. The average molecular weight is 336 g/mol. The molecule has 1 aromatic heterocycles. The lowest BCUT2D eigenvalue weighted by Crippen LogP contribution is -2.70. The predicted molar refractivity (Wildman–Crippen MR) is 96.5 cm³/mol. The Morgan fingerprint density at radius 1 is 1.04 bits per heavy atom. The maximum absolute atomic E-state index is 12.8. The van der Waals surface area contributed by atoms with Gasteiger partial charge < -0.3 is 20.1 Å². The summed E-state index contributed by atoms with van der Waals surface area (Å²) in [5, 5.41) is 3.41. The molecule has 0 aliphatic carbocycles. The van der Waals surface area contributed by atoms with Crippen molar-refractivity contribution in [3.63, 3.8) is 0 Å². The van der Waals surface area contributed by atoms with Gasteiger partial charge >= 0.3 is 0 Å². The highest BCUT2D eigenvalue weighted by molar-refractivity contribution is 5.92. The zero-order valence-corrected chi connectivity index (χ0v) is 14.3. The van der Waals surface area contributed by atoms with Gasteiger partial charge in [-0.2, -0.15) is 0 Å². The second-order valence-corrected chi connectivity index (χ2v) is 7.79. The van der Waals surface area contributed by atoms with Crippen LogP contribution in [0.2, 0.25) is 0 Å². The van der Waals surface area contributed by atoms with Crippen molar-refractivity contribution >= 4 is 5.91 Å². The highest BCUT2D eigenvalue weighted by atomic mass is 16.2. The maximum atomic E-state index is 12.8. The first-order valence-corrected chi connectivity index (χ1v) is 9.19. The molecule has 3 atom stereocenters. The predicted octanol–water partition coefficient (Wildman–Crippen LogP) is 1.31. The van der Waals surface area contributed by atoms with Gasteiger partial charge in [0.25, 0.3) is 5.91 Å². The van der Waals surface area contributed by atoms with Crippen molar-refractivity contribution < 1.29 is 4.79 Å². The molecule has 130 valence electrons. The van der Waals surface area contributed by atoms with Crippen LogP contribution in [0.15, 0.2) is 48.7 Å². The first-order valence-electron chi connectivity index (χ1n) is 9.19. The van der Waals surface area contributed by atoms with Crippen molar-refractivity contribution in [2.45, 2.75) is 11.5 Å². The summed E-state index contributed by atoms with van der Waals surface area (Å²) in [6.45, 7) is 6.51. The Hall–Kier alpha value is -2.11. The molecule has 2 N–H and O–H groups in total. The minimum atomic E-state index is -0.0266. The second-order valence-electron chi connectivity index (χ2n) is 7.79. The standard InChI is InChI=1S/C20H24N4O/c25-19(17-7-4-8-21-17)22-18-15-11-23-9-10-24(12-15)14-20(18,13-23)16-5-2-1-3-6-16/h1-8,15,18,21H,9-14H2,(H,22,25)/t15?,18-,20?/m1/s1. The van der Waals surface area contributed by atoms with Crippen LogP contribution in [0.1, 0.15) is 16.1 Å². The van der Waals surface area contributed by atoms with E-state index in [2.05, 4.69) is 50.4 Å². The lowest BCUT2D eigenvalue weighted by molar-refractivity contribution is 0.0179. The lowest BCUT2D eigenvalue weighted by atomic mass is 9.64. The van der Waals surface area contributed by atoms with Gasteiger partial charge in [-0.3, -0.25) is 4.79 Å². The Bertz CT molecular complexity index is 741. The number of rotatable bonds is 3. The summed E-state index contributed by atoms with van der Waals surface area (Å²) in [4.78, 5) is 21.0. The first kappa shape index (κ1) is 15.2. The Balaban J connectivity index is 1.55. The number of hydrogen-bond acceptors (Lipinski definition) is 3. The molecule has 0 spiro atoms. The highest BCUT2D eigenvalue weighted by Crippen LogP contribution is 2.43. The van der Waals surface area contributed by atoms with Gasteiger partial charge in [0.2, 0.25) is 0 Å². The molecule has 1 aromatic carbocycles. The molecule has 25 heavy (non-hydrogen) atoms. The van der Waals surface area contributed by atoms with Crippen LogP contribution in [-0.2, 0) is 5.41 Å². The number of carbonyl (C=O) groups is 1. The fourth-order valence-electron chi connectivity index (χ4n) is 5.26.